The summed E-state index contributed by atoms with van der Waals surface area (Å²) in [5, 5.41) is 0.557. The normalized spacial score (nSPS) is 10.0. The summed E-state index contributed by atoms with van der Waals surface area (Å²) in [6, 6.07) is 5.27. The Bertz CT molecular complexity index is 393. The van der Waals surface area contributed by atoms with Crippen molar-refractivity contribution in [3.8, 4) is 0 Å². The van der Waals surface area contributed by atoms with Crippen molar-refractivity contribution >= 4 is 23.6 Å². The van der Waals surface area contributed by atoms with E-state index >= 15 is 0 Å². The summed E-state index contributed by atoms with van der Waals surface area (Å²) in [5.74, 6) is 0. The molecule has 3 nitrogen and oxygen atoms in total. The molecule has 0 radical (unpaired) electrons. The highest BCUT2D eigenvalue weighted by Crippen LogP contribution is 2.22. The van der Waals surface area contributed by atoms with Crippen LogP contribution in [0.4, 0.5) is 5.69 Å². The number of halogens is 1. The van der Waals surface area contributed by atoms with Crippen molar-refractivity contribution < 1.29 is 9.53 Å². The van der Waals surface area contributed by atoms with Crippen LogP contribution >= 0.6 is 11.6 Å². The lowest BCUT2D eigenvalue weighted by atomic mass is 10.1. The first kappa shape index (κ1) is 13.7. The fourth-order valence-corrected chi connectivity index (χ4v) is 1.76. The minimum absolute atomic E-state index is 0.557. The SMILES string of the molecule is C=CCN(CCOC)c1ccc(Cl)cc1C=O. The molecule has 0 unspecified atom stereocenters. The highest BCUT2D eigenvalue weighted by atomic mass is 35.5. The summed E-state index contributed by atoms with van der Waals surface area (Å²) in [6.07, 6.45) is 2.60. The molecule has 17 heavy (non-hydrogen) atoms. The number of carbonyl (C=O) groups excluding carboxylic acids is 1. The minimum atomic E-state index is 0.557. The fraction of sp³-hybridized carbons (Fsp3) is 0.308. The number of aldehydes is 1. The van der Waals surface area contributed by atoms with Crippen molar-refractivity contribution in [1.29, 1.82) is 0 Å². The van der Waals surface area contributed by atoms with Crippen LogP contribution in [-0.2, 0) is 4.74 Å². The topological polar surface area (TPSA) is 29.5 Å². The molecular weight excluding hydrogens is 238 g/mol. The van der Waals surface area contributed by atoms with Gasteiger partial charge in [0.25, 0.3) is 0 Å². The Labute approximate surface area is 107 Å². The molecule has 0 aliphatic carbocycles. The van der Waals surface area contributed by atoms with Gasteiger partial charge in [0, 0.05) is 36.5 Å². The van der Waals surface area contributed by atoms with Crippen molar-refractivity contribution in [2.45, 2.75) is 0 Å². The maximum atomic E-state index is 11.0. The van der Waals surface area contributed by atoms with E-state index in [9.17, 15) is 4.79 Å². The summed E-state index contributed by atoms with van der Waals surface area (Å²) in [4.78, 5) is 13.0. The molecule has 1 aromatic rings. The molecule has 92 valence electrons. The van der Waals surface area contributed by atoms with Gasteiger partial charge in [-0.1, -0.05) is 17.7 Å². The van der Waals surface area contributed by atoms with Gasteiger partial charge in [-0.3, -0.25) is 4.79 Å². The Balaban J connectivity index is 2.99. The maximum absolute atomic E-state index is 11.0. The molecular formula is C13H16ClNO2. The van der Waals surface area contributed by atoms with E-state index in [1.807, 2.05) is 11.0 Å². The zero-order chi connectivity index (χ0) is 12.7. The standard InChI is InChI=1S/C13H16ClNO2/c1-3-6-15(7-8-17-2)13-5-4-12(14)9-11(13)10-16/h3-5,9-10H,1,6-8H2,2H3. The van der Waals surface area contributed by atoms with Crippen molar-refractivity contribution in [2.24, 2.45) is 0 Å². The molecule has 0 aliphatic rings. The Morgan fingerprint density at radius 3 is 2.88 bits per heavy atom. The van der Waals surface area contributed by atoms with Crippen LogP contribution in [0.15, 0.2) is 30.9 Å². The van der Waals surface area contributed by atoms with Gasteiger partial charge in [0.05, 0.1) is 6.61 Å². The lowest BCUT2D eigenvalue weighted by molar-refractivity contribution is 0.112. The van der Waals surface area contributed by atoms with E-state index in [-0.39, 0.29) is 0 Å². The second-order valence-electron chi connectivity index (χ2n) is 3.55. The van der Waals surface area contributed by atoms with Crippen LogP contribution < -0.4 is 4.90 Å². The molecule has 0 heterocycles. The summed E-state index contributed by atoms with van der Waals surface area (Å²) in [5.41, 5.74) is 1.43. The molecule has 0 saturated heterocycles. The number of benzene rings is 1. The number of rotatable bonds is 7. The summed E-state index contributed by atoms with van der Waals surface area (Å²) in [6.45, 7) is 5.66. The third-order valence-electron chi connectivity index (χ3n) is 2.37. The van der Waals surface area contributed by atoms with E-state index in [0.29, 0.717) is 30.3 Å². The van der Waals surface area contributed by atoms with Gasteiger partial charge < -0.3 is 9.64 Å². The quantitative estimate of drug-likeness (QED) is 0.553. The molecule has 0 aliphatic heterocycles. The number of methoxy groups -OCH3 is 1. The first-order valence-electron chi connectivity index (χ1n) is 5.32. The largest absolute Gasteiger partial charge is 0.383 e. The summed E-state index contributed by atoms with van der Waals surface area (Å²) < 4.78 is 5.05. The second kappa shape index (κ2) is 7.09. The molecule has 0 atom stereocenters. The van der Waals surface area contributed by atoms with Crippen LogP contribution in [0, 0.1) is 0 Å². The number of carbonyl (C=O) groups is 1. The Morgan fingerprint density at radius 2 is 2.29 bits per heavy atom. The molecule has 0 spiro atoms. The van der Waals surface area contributed by atoms with Gasteiger partial charge in [-0.25, -0.2) is 0 Å². The summed E-state index contributed by atoms with van der Waals surface area (Å²) in [7, 11) is 1.65. The van der Waals surface area contributed by atoms with E-state index in [1.165, 1.54) is 0 Å². The zero-order valence-corrected chi connectivity index (χ0v) is 10.6. The minimum Gasteiger partial charge on any atom is -0.383 e. The van der Waals surface area contributed by atoms with Crippen LogP contribution in [-0.4, -0.2) is 33.1 Å². The number of anilines is 1. The van der Waals surface area contributed by atoms with Gasteiger partial charge in [-0.2, -0.15) is 0 Å². The van der Waals surface area contributed by atoms with Crippen LogP contribution in [0.25, 0.3) is 0 Å². The van der Waals surface area contributed by atoms with Crippen LogP contribution in [0.2, 0.25) is 5.02 Å². The highest BCUT2D eigenvalue weighted by molar-refractivity contribution is 6.31. The van der Waals surface area contributed by atoms with Crippen LogP contribution in [0.1, 0.15) is 10.4 Å². The Morgan fingerprint density at radius 1 is 1.53 bits per heavy atom. The summed E-state index contributed by atoms with van der Waals surface area (Å²) >= 11 is 5.86. The van der Waals surface area contributed by atoms with Crippen molar-refractivity contribution in [3.63, 3.8) is 0 Å². The first-order valence-corrected chi connectivity index (χ1v) is 5.70. The third-order valence-corrected chi connectivity index (χ3v) is 2.61. The van der Waals surface area contributed by atoms with Gasteiger partial charge in [0.2, 0.25) is 0 Å². The zero-order valence-electron chi connectivity index (χ0n) is 9.86. The third kappa shape index (κ3) is 3.88. The average molecular weight is 254 g/mol. The lowest BCUT2D eigenvalue weighted by Crippen LogP contribution is -2.28. The molecule has 1 aromatic carbocycles. The van der Waals surface area contributed by atoms with E-state index in [0.717, 1.165) is 12.0 Å². The van der Waals surface area contributed by atoms with Crippen molar-refractivity contribution in [3.05, 3.63) is 41.4 Å². The van der Waals surface area contributed by atoms with Crippen molar-refractivity contribution in [1.82, 2.24) is 0 Å². The molecule has 1 rings (SSSR count). The van der Waals surface area contributed by atoms with E-state index < -0.39 is 0 Å². The molecule has 4 heteroatoms. The van der Waals surface area contributed by atoms with Crippen LogP contribution in [0.5, 0.6) is 0 Å². The van der Waals surface area contributed by atoms with E-state index in [1.54, 1.807) is 25.3 Å². The molecule has 0 saturated carbocycles. The lowest BCUT2D eigenvalue weighted by Gasteiger charge is -2.24. The number of hydrogen-bond acceptors (Lipinski definition) is 3. The molecule has 0 amide bonds. The predicted molar refractivity (Wildman–Crippen MR) is 71.1 cm³/mol. The average Bonchev–Trinajstić information content (AvgIpc) is 2.34. The maximum Gasteiger partial charge on any atom is 0.152 e. The Kier molecular flexibility index (Phi) is 5.73. The molecule has 0 fully saturated rings. The van der Waals surface area contributed by atoms with Gasteiger partial charge in [-0.15, -0.1) is 6.58 Å². The highest BCUT2D eigenvalue weighted by Gasteiger charge is 2.10. The smallest absolute Gasteiger partial charge is 0.152 e. The predicted octanol–water partition coefficient (Wildman–Crippen LogP) is 2.79. The second-order valence-corrected chi connectivity index (χ2v) is 3.98. The van der Waals surface area contributed by atoms with Gasteiger partial charge >= 0.3 is 0 Å². The number of ether oxygens (including phenoxy) is 1. The van der Waals surface area contributed by atoms with Gasteiger partial charge in [0.1, 0.15) is 0 Å². The first-order chi connectivity index (χ1) is 8.22. The molecule has 0 N–H and O–H groups in total. The Hall–Kier alpha value is -1.32. The van der Waals surface area contributed by atoms with Gasteiger partial charge in [-0.05, 0) is 18.2 Å². The fourth-order valence-electron chi connectivity index (χ4n) is 1.58. The van der Waals surface area contributed by atoms with Gasteiger partial charge in [0.15, 0.2) is 6.29 Å². The van der Waals surface area contributed by atoms with E-state index in [2.05, 4.69) is 6.58 Å². The van der Waals surface area contributed by atoms with Crippen molar-refractivity contribution in [2.75, 3.05) is 31.7 Å². The van der Waals surface area contributed by atoms with E-state index in [4.69, 9.17) is 16.3 Å². The van der Waals surface area contributed by atoms with Crippen LogP contribution in [0.3, 0.4) is 0 Å². The molecule has 0 bridgehead atoms. The number of hydrogen-bond donors (Lipinski definition) is 0. The molecule has 0 aromatic heterocycles. The number of nitrogens with zero attached hydrogens (tertiary/aromatic N) is 1. The monoisotopic (exact) mass is 253 g/mol.